The van der Waals surface area contributed by atoms with Crippen LogP contribution < -0.4 is 10.6 Å². The van der Waals surface area contributed by atoms with E-state index in [2.05, 4.69) is 45.3 Å². The molecular weight excluding hydrogens is 429 g/mol. The zero-order chi connectivity index (χ0) is 14.9. The van der Waals surface area contributed by atoms with Crippen LogP contribution in [0.2, 0.25) is 5.02 Å². The summed E-state index contributed by atoms with van der Waals surface area (Å²) in [5.74, 6) is 0.847. The van der Waals surface area contributed by atoms with E-state index < -0.39 is 0 Å². The molecule has 120 valence electrons. The van der Waals surface area contributed by atoms with Gasteiger partial charge in [-0.1, -0.05) is 29.8 Å². The topological polar surface area (TPSA) is 36.4 Å². The molecule has 0 aliphatic carbocycles. The van der Waals surface area contributed by atoms with Crippen molar-refractivity contribution in [2.45, 2.75) is 19.4 Å². The van der Waals surface area contributed by atoms with Gasteiger partial charge in [0.25, 0.3) is 0 Å². The molecule has 2 rings (SSSR count). The van der Waals surface area contributed by atoms with Crippen molar-refractivity contribution < 1.29 is 0 Å². The third kappa shape index (κ3) is 6.98. The number of benzene rings is 1. The smallest absolute Gasteiger partial charge is 0.191 e. The van der Waals surface area contributed by atoms with Gasteiger partial charge in [-0.3, -0.25) is 4.99 Å². The summed E-state index contributed by atoms with van der Waals surface area (Å²) in [6.07, 6.45) is 2.09. The van der Waals surface area contributed by atoms with Gasteiger partial charge in [0.15, 0.2) is 5.96 Å². The molecule has 0 saturated carbocycles. The van der Waals surface area contributed by atoms with Gasteiger partial charge in [-0.2, -0.15) is 0 Å². The molecule has 0 bridgehead atoms. The van der Waals surface area contributed by atoms with Crippen molar-refractivity contribution in [1.82, 2.24) is 10.6 Å². The minimum atomic E-state index is 0. The van der Waals surface area contributed by atoms with E-state index in [9.17, 15) is 0 Å². The van der Waals surface area contributed by atoms with Crippen molar-refractivity contribution in [3.63, 3.8) is 0 Å². The standard InChI is InChI=1S/C16H20ClN3S.HI/c1-18-16(20-12-15-5-3-11-21-15)19-10-2-4-13-6-8-14(17)9-7-13;/h3,5-9,11H,2,4,10,12H2,1H3,(H2,18,19,20);1H. The van der Waals surface area contributed by atoms with Crippen LogP contribution >= 0.6 is 46.9 Å². The molecule has 0 aliphatic heterocycles. The molecule has 2 aromatic rings. The van der Waals surface area contributed by atoms with Crippen LogP contribution in [0.1, 0.15) is 16.9 Å². The zero-order valence-electron chi connectivity index (χ0n) is 12.5. The van der Waals surface area contributed by atoms with Gasteiger partial charge in [0.05, 0.1) is 6.54 Å². The molecule has 0 unspecified atom stereocenters. The third-order valence-corrected chi connectivity index (χ3v) is 4.21. The Hall–Kier alpha value is -0.790. The maximum atomic E-state index is 5.87. The second-order valence-electron chi connectivity index (χ2n) is 4.66. The summed E-state index contributed by atoms with van der Waals surface area (Å²) in [4.78, 5) is 5.53. The zero-order valence-corrected chi connectivity index (χ0v) is 16.4. The Morgan fingerprint density at radius 1 is 1.18 bits per heavy atom. The van der Waals surface area contributed by atoms with E-state index in [1.54, 1.807) is 18.4 Å². The predicted molar refractivity (Wildman–Crippen MR) is 108 cm³/mol. The summed E-state index contributed by atoms with van der Waals surface area (Å²) in [6.45, 7) is 1.71. The fourth-order valence-electron chi connectivity index (χ4n) is 1.95. The van der Waals surface area contributed by atoms with E-state index in [0.29, 0.717) is 0 Å². The van der Waals surface area contributed by atoms with Crippen LogP contribution in [0.15, 0.2) is 46.8 Å². The summed E-state index contributed by atoms with van der Waals surface area (Å²) >= 11 is 7.62. The van der Waals surface area contributed by atoms with Crippen LogP contribution in [0, 0.1) is 0 Å². The Morgan fingerprint density at radius 2 is 1.95 bits per heavy atom. The summed E-state index contributed by atoms with van der Waals surface area (Å²) in [5, 5.41) is 9.51. The number of aliphatic imine (C=N–C) groups is 1. The van der Waals surface area contributed by atoms with Gasteiger partial charge < -0.3 is 10.6 Å². The molecule has 2 N–H and O–H groups in total. The lowest BCUT2D eigenvalue weighted by molar-refractivity contribution is 0.744. The molecule has 1 heterocycles. The van der Waals surface area contributed by atoms with Crippen LogP contribution in [-0.2, 0) is 13.0 Å². The number of hydrogen-bond acceptors (Lipinski definition) is 2. The highest BCUT2D eigenvalue weighted by atomic mass is 127. The Balaban J connectivity index is 0.00000242. The number of nitrogens with one attached hydrogen (secondary N) is 2. The van der Waals surface area contributed by atoms with Gasteiger partial charge in [-0.05, 0) is 42.0 Å². The fourth-order valence-corrected chi connectivity index (χ4v) is 2.73. The highest BCUT2D eigenvalue weighted by Crippen LogP contribution is 2.10. The molecular formula is C16H21ClIN3S. The monoisotopic (exact) mass is 449 g/mol. The van der Waals surface area contributed by atoms with Crippen LogP contribution in [0.3, 0.4) is 0 Å². The van der Waals surface area contributed by atoms with E-state index in [0.717, 1.165) is 36.9 Å². The largest absolute Gasteiger partial charge is 0.356 e. The number of nitrogens with zero attached hydrogens (tertiary/aromatic N) is 1. The lowest BCUT2D eigenvalue weighted by Crippen LogP contribution is -2.37. The number of halogens is 2. The first-order valence-electron chi connectivity index (χ1n) is 6.99. The average molecular weight is 450 g/mol. The molecule has 6 heteroatoms. The summed E-state index contributed by atoms with van der Waals surface area (Å²) < 4.78 is 0. The van der Waals surface area contributed by atoms with E-state index in [4.69, 9.17) is 11.6 Å². The Kier molecular flexibility index (Phi) is 9.50. The summed E-state index contributed by atoms with van der Waals surface area (Å²) in [6, 6.07) is 12.2. The molecule has 0 radical (unpaired) electrons. The van der Waals surface area contributed by atoms with Gasteiger partial charge >= 0.3 is 0 Å². The lowest BCUT2D eigenvalue weighted by Gasteiger charge is -2.11. The molecule has 0 amide bonds. The van der Waals surface area contributed by atoms with Gasteiger partial charge in [0.1, 0.15) is 0 Å². The molecule has 0 spiro atoms. The van der Waals surface area contributed by atoms with Crippen molar-refractivity contribution >= 4 is 52.9 Å². The van der Waals surface area contributed by atoms with Gasteiger partial charge in [0, 0.05) is 23.5 Å². The van der Waals surface area contributed by atoms with Crippen molar-refractivity contribution in [3.05, 3.63) is 57.2 Å². The van der Waals surface area contributed by atoms with Gasteiger partial charge in [-0.25, -0.2) is 0 Å². The molecule has 0 saturated heterocycles. The minimum Gasteiger partial charge on any atom is -0.356 e. The van der Waals surface area contributed by atoms with Crippen LogP contribution in [0.5, 0.6) is 0 Å². The van der Waals surface area contributed by atoms with Gasteiger partial charge in [0.2, 0.25) is 0 Å². The first-order valence-corrected chi connectivity index (χ1v) is 8.25. The average Bonchev–Trinajstić information content (AvgIpc) is 3.02. The number of guanidine groups is 1. The maximum absolute atomic E-state index is 5.87. The first-order chi connectivity index (χ1) is 10.3. The normalized spacial score (nSPS) is 10.9. The quantitative estimate of drug-likeness (QED) is 0.298. The van der Waals surface area contributed by atoms with Crippen LogP contribution in [0.4, 0.5) is 0 Å². The van der Waals surface area contributed by atoms with E-state index in [-0.39, 0.29) is 24.0 Å². The molecule has 0 atom stereocenters. The third-order valence-electron chi connectivity index (χ3n) is 3.08. The maximum Gasteiger partial charge on any atom is 0.191 e. The molecule has 3 nitrogen and oxygen atoms in total. The van der Waals surface area contributed by atoms with Crippen molar-refractivity contribution in [3.8, 4) is 0 Å². The molecule has 22 heavy (non-hydrogen) atoms. The summed E-state index contributed by atoms with van der Waals surface area (Å²) in [7, 11) is 1.79. The molecule has 0 fully saturated rings. The van der Waals surface area contributed by atoms with E-state index in [1.165, 1.54) is 10.4 Å². The fraction of sp³-hybridized carbons (Fsp3) is 0.312. The molecule has 0 aliphatic rings. The van der Waals surface area contributed by atoms with Crippen molar-refractivity contribution in [2.24, 2.45) is 4.99 Å². The SMILES string of the molecule is CN=C(NCCCc1ccc(Cl)cc1)NCc1cccs1.I. The number of aryl methyl sites for hydroxylation is 1. The Bertz CT molecular complexity index is 555. The second-order valence-corrected chi connectivity index (χ2v) is 6.13. The highest BCUT2D eigenvalue weighted by molar-refractivity contribution is 14.0. The van der Waals surface area contributed by atoms with Crippen molar-refractivity contribution in [1.29, 1.82) is 0 Å². The molecule has 1 aromatic heterocycles. The van der Waals surface area contributed by atoms with Gasteiger partial charge in [-0.15, -0.1) is 35.3 Å². The number of rotatable bonds is 6. The van der Waals surface area contributed by atoms with E-state index >= 15 is 0 Å². The minimum absolute atomic E-state index is 0. The highest BCUT2D eigenvalue weighted by Gasteiger charge is 1.99. The lowest BCUT2D eigenvalue weighted by atomic mass is 10.1. The van der Waals surface area contributed by atoms with E-state index in [1.807, 2.05) is 12.1 Å². The summed E-state index contributed by atoms with van der Waals surface area (Å²) in [5.41, 5.74) is 1.31. The Labute approximate surface area is 158 Å². The number of hydrogen-bond donors (Lipinski definition) is 2. The van der Waals surface area contributed by atoms with Crippen LogP contribution in [0.25, 0.3) is 0 Å². The molecule has 1 aromatic carbocycles. The number of thiophene rings is 1. The van der Waals surface area contributed by atoms with Crippen molar-refractivity contribution in [2.75, 3.05) is 13.6 Å². The predicted octanol–water partition coefficient (Wildman–Crippen LogP) is 4.32. The first kappa shape index (κ1) is 19.3. The Morgan fingerprint density at radius 3 is 2.59 bits per heavy atom. The van der Waals surface area contributed by atoms with Crippen LogP contribution in [-0.4, -0.2) is 19.6 Å². The second kappa shape index (κ2) is 10.9.